The van der Waals surface area contributed by atoms with Crippen molar-refractivity contribution in [2.24, 2.45) is 0 Å². The lowest BCUT2D eigenvalue weighted by Crippen LogP contribution is -2.28. The molecular formula is C28H32N6O3. The summed E-state index contributed by atoms with van der Waals surface area (Å²) in [5.74, 6) is 1.79. The number of benzene rings is 2. The quantitative estimate of drug-likeness (QED) is 0.274. The number of ether oxygens (including phenoxy) is 2. The lowest BCUT2D eigenvalue weighted by atomic mass is 10.0. The van der Waals surface area contributed by atoms with Crippen LogP contribution in [0.1, 0.15) is 28.8 Å². The fourth-order valence-corrected chi connectivity index (χ4v) is 4.26. The molecule has 0 aliphatic carbocycles. The molecule has 0 unspecified atom stereocenters. The minimum atomic E-state index is -0.0731. The first-order chi connectivity index (χ1) is 18.1. The number of fused-ring (bicyclic) bond motifs is 1. The molecule has 4 aromatic rings. The third kappa shape index (κ3) is 6.07. The Bertz CT molecular complexity index is 1330. The predicted octanol–water partition coefficient (Wildman–Crippen LogP) is 4.46. The van der Waals surface area contributed by atoms with Crippen LogP contribution in [-0.4, -0.2) is 72.1 Å². The van der Waals surface area contributed by atoms with Crippen molar-refractivity contribution in [2.75, 3.05) is 51.1 Å². The number of nitrogens with one attached hydrogen (secondary N) is 3. The van der Waals surface area contributed by atoms with E-state index in [9.17, 15) is 4.79 Å². The van der Waals surface area contributed by atoms with Crippen molar-refractivity contribution in [2.45, 2.75) is 18.9 Å². The monoisotopic (exact) mass is 500 g/mol. The van der Waals surface area contributed by atoms with Gasteiger partial charge in [0.1, 0.15) is 23.8 Å². The molecule has 9 nitrogen and oxygen atoms in total. The minimum absolute atomic E-state index is 0.0731. The van der Waals surface area contributed by atoms with Gasteiger partial charge in [0.25, 0.3) is 0 Å². The Hall–Kier alpha value is -3.95. The van der Waals surface area contributed by atoms with Gasteiger partial charge in [0, 0.05) is 43.2 Å². The summed E-state index contributed by atoms with van der Waals surface area (Å²) in [7, 11) is 4.03. The van der Waals surface area contributed by atoms with E-state index in [4.69, 9.17) is 14.5 Å². The lowest BCUT2D eigenvalue weighted by molar-refractivity contribution is 0.0904. The number of nitrogens with zero attached hydrogens (tertiary/aromatic N) is 3. The first-order valence-electron chi connectivity index (χ1n) is 12.5. The van der Waals surface area contributed by atoms with Gasteiger partial charge in [-0.3, -0.25) is 4.79 Å². The van der Waals surface area contributed by atoms with Gasteiger partial charge < -0.3 is 30.0 Å². The minimum Gasteiger partial charge on any atom is -0.492 e. The standard InChI is InChI=1S/C28H32N6O3/c1-34(2)14-17-37-22-10-8-20(9-11-22)31-28-32-26-24(27(33-28)30-21-12-15-36-16-13-21)23(18-29-26)25(35)19-6-4-3-5-7-19/h3-11,18,21H,12-17H2,1-2H3,(H3,29,30,31,32,33). The number of rotatable bonds is 10. The molecule has 0 bridgehead atoms. The molecule has 0 amide bonds. The number of H-pyrrole nitrogens is 1. The fraction of sp³-hybridized carbons (Fsp3) is 0.321. The van der Waals surface area contributed by atoms with E-state index in [2.05, 4.69) is 25.5 Å². The van der Waals surface area contributed by atoms with Gasteiger partial charge in [0.15, 0.2) is 5.78 Å². The maximum Gasteiger partial charge on any atom is 0.231 e. The molecule has 0 spiro atoms. The lowest BCUT2D eigenvalue weighted by Gasteiger charge is -2.24. The Balaban J connectivity index is 1.42. The first-order valence-corrected chi connectivity index (χ1v) is 12.5. The van der Waals surface area contributed by atoms with Crippen LogP contribution in [0.25, 0.3) is 11.0 Å². The highest BCUT2D eigenvalue weighted by Crippen LogP contribution is 2.30. The molecule has 1 saturated heterocycles. The van der Waals surface area contributed by atoms with Crippen LogP contribution >= 0.6 is 0 Å². The second-order valence-electron chi connectivity index (χ2n) is 9.35. The van der Waals surface area contributed by atoms with Crippen molar-refractivity contribution in [1.29, 1.82) is 0 Å². The number of hydrogen-bond acceptors (Lipinski definition) is 8. The van der Waals surface area contributed by atoms with E-state index in [0.29, 0.717) is 53.7 Å². The summed E-state index contributed by atoms with van der Waals surface area (Å²) in [6.07, 6.45) is 3.46. The van der Waals surface area contributed by atoms with Crippen LogP contribution in [0.3, 0.4) is 0 Å². The maximum absolute atomic E-state index is 13.3. The van der Waals surface area contributed by atoms with Gasteiger partial charge in [-0.05, 0) is 51.2 Å². The summed E-state index contributed by atoms with van der Waals surface area (Å²) in [5, 5.41) is 7.54. The molecule has 9 heteroatoms. The van der Waals surface area contributed by atoms with E-state index >= 15 is 0 Å². The van der Waals surface area contributed by atoms with E-state index in [1.54, 1.807) is 6.20 Å². The van der Waals surface area contributed by atoms with Crippen LogP contribution < -0.4 is 15.4 Å². The molecule has 5 rings (SSSR count). The van der Waals surface area contributed by atoms with Gasteiger partial charge in [-0.2, -0.15) is 9.97 Å². The molecule has 0 radical (unpaired) electrons. The second-order valence-corrected chi connectivity index (χ2v) is 9.35. The van der Waals surface area contributed by atoms with Crippen LogP contribution in [0.4, 0.5) is 17.5 Å². The molecule has 0 atom stereocenters. The summed E-state index contributed by atoms with van der Waals surface area (Å²) in [5.41, 5.74) is 2.59. The van der Waals surface area contributed by atoms with Crippen LogP contribution in [0.2, 0.25) is 0 Å². The number of carbonyl (C=O) groups is 1. The molecule has 0 saturated carbocycles. The zero-order chi connectivity index (χ0) is 25.6. The summed E-state index contributed by atoms with van der Waals surface area (Å²) in [4.78, 5) is 28.1. The Labute approximate surface area is 216 Å². The number of aromatic amines is 1. The topological polar surface area (TPSA) is 104 Å². The van der Waals surface area contributed by atoms with Gasteiger partial charge in [-0.15, -0.1) is 0 Å². The second kappa shape index (κ2) is 11.4. The largest absolute Gasteiger partial charge is 0.492 e. The van der Waals surface area contributed by atoms with Crippen LogP contribution in [0.5, 0.6) is 5.75 Å². The normalized spacial score (nSPS) is 14.1. The van der Waals surface area contributed by atoms with Gasteiger partial charge in [-0.25, -0.2) is 0 Å². The van der Waals surface area contributed by atoms with Crippen LogP contribution in [0.15, 0.2) is 60.8 Å². The van der Waals surface area contributed by atoms with Gasteiger partial charge in [0.05, 0.1) is 10.9 Å². The third-order valence-electron chi connectivity index (χ3n) is 6.29. The van der Waals surface area contributed by atoms with E-state index < -0.39 is 0 Å². The molecule has 1 aliphatic heterocycles. The Kier molecular flexibility index (Phi) is 7.62. The van der Waals surface area contributed by atoms with E-state index in [-0.39, 0.29) is 11.8 Å². The van der Waals surface area contributed by atoms with E-state index in [1.807, 2.05) is 68.7 Å². The highest BCUT2D eigenvalue weighted by molar-refractivity contribution is 6.18. The van der Waals surface area contributed by atoms with Crippen molar-refractivity contribution in [3.63, 3.8) is 0 Å². The highest BCUT2D eigenvalue weighted by atomic mass is 16.5. The number of anilines is 3. The van der Waals surface area contributed by atoms with E-state index in [1.165, 1.54) is 0 Å². The number of carbonyl (C=O) groups excluding carboxylic acids is 1. The zero-order valence-corrected chi connectivity index (χ0v) is 21.2. The average molecular weight is 501 g/mol. The van der Waals surface area contributed by atoms with Crippen molar-refractivity contribution in [3.05, 3.63) is 71.9 Å². The number of likely N-dealkylation sites (N-methyl/N-ethyl adjacent to an activating group) is 1. The maximum atomic E-state index is 13.3. The molecule has 2 aromatic heterocycles. The number of ketones is 1. The number of aromatic nitrogens is 3. The highest BCUT2D eigenvalue weighted by Gasteiger charge is 2.22. The van der Waals surface area contributed by atoms with Crippen LogP contribution in [-0.2, 0) is 4.74 Å². The SMILES string of the molecule is CN(C)CCOc1ccc(Nc2nc(NC3CCOCC3)c3c(C(=O)c4ccccc4)c[nH]c3n2)cc1. The smallest absolute Gasteiger partial charge is 0.231 e. The Morgan fingerprint density at radius 3 is 2.57 bits per heavy atom. The molecule has 1 fully saturated rings. The molecule has 3 heterocycles. The van der Waals surface area contributed by atoms with Crippen molar-refractivity contribution < 1.29 is 14.3 Å². The molecule has 1 aliphatic rings. The average Bonchev–Trinajstić information content (AvgIpc) is 3.34. The van der Waals surface area contributed by atoms with Crippen molar-refractivity contribution in [3.8, 4) is 5.75 Å². The van der Waals surface area contributed by atoms with Gasteiger partial charge in [-0.1, -0.05) is 30.3 Å². The molecular weight excluding hydrogens is 468 g/mol. The predicted molar refractivity (Wildman–Crippen MR) is 145 cm³/mol. The van der Waals surface area contributed by atoms with Crippen molar-refractivity contribution >= 4 is 34.3 Å². The Morgan fingerprint density at radius 1 is 1.08 bits per heavy atom. The van der Waals surface area contributed by atoms with E-state index in [0.717, 1.165) is 30.8 Å². The fourth-order valence-electron chi connectivity index (χ4n) is 4.26. The number of hydrogen-bond donors (Lipinski definition) is 3. The summed E-state index contributed by atoms with van der Waals surface area (Å²) >= 11 is 0. The zero-order valence-electron chi connectivity index (χ0n) is 21.2. The Morgan fingerprint density at radius 2 is 1.84 bits per heavy atom. The first kappa shape index (κ1) is 24.7. The van der Waals surface area contributed by atoms with Crippen LogP contribution in [0, 0.1) is 0 Å². The molecule has 3 N–H and O–H groups in total. The summed E-state index contributed by atoms with van der Waals surface area (Å²) < 4.78 is 11.3. The van der Waals surface area contributed by atoms with Crippen molar-refractivity contribution in [1.82, 2.24) is 19.9 Å². The third-order valence-corrected chi connectivity index (χ3v) is 6.29. The molecule has 37 heavy (non-hydrogen) atoms. The summed E-state index contributed by atoms with van der Waals surface area (Å²) in [6, 6.07) is 17.2. The molecule has 2 aromatic carbocycles. The molecule has 192 valence electrons. The van der Waals surface area contributed by atoms with Gasteiger partial charge >= 0.3 is 0 Å². The summed E-state index contributed by atoms with van der Waals surface area (Å²) in [6.45, 7) is 2.87. The van der Waals surface area contributed by atoms with Gasteiger partial charge in [0.2, 0.25) is 5.95 Å².